The number of nitrogens with one attached hydrogen (secondary N) is 1. The summed E-state index contributed by atoms with van der Waals surface area (Å²) >= 11 is 18.4. The van der Waals surface area contributed by atoms with Crippen molar-refractivity contribution in [1.29, 1.82) is 0 Å². The molecule has 1 saturated heterocycles. The molecule has 0 spiro atoms. The Bertz CT molecular complexity index is 857. The lowest BCUT2D eigenvalue weighted by atomic mass is 10.1. The molecule has 1 amide bonds. The van der Waals surface area contributed by atoms with Crippen molar-refractivity contribution >= 4 is 46.5 Å². The lowest BCUT2D eigenvalue weighted by molar-refractivity contribution is 0.0374. The van der Waals surface area contributed by atoms with Crippen molar-refractivity contribution in [2.45, 2.75) is 6.42 Å². The van der Waals surface area contributed by atoms with Crippen LogP contribution in [0.2, 0.25) is 15.1 Å². The van der Waals surface area contributed by atoms with Gasteiger partial charge in [0.15, 0.2) is 0 Å². The number of hydrogen-bond acceptors (Lipinski definition) is 5. The van der Waals surface area contributed by atoms with E-state index in [9.17, 15) is 4.79 Å². The van der Waals surface area contributed by atoms with Gasteiger partial charge in [-0.15, -0.1) is 0 Å². The number of amides is 1. The van der Waals surface area contributed by atoms with E-state index < -0.39 is 0 Å². The number of aromatic nitrogens is 1. The summed E-state index contributed by atoms with van der Waals surface area (Å²) in [5.41, 5.74) is 7.44. The average Bonchev–Trinajstić information content (AvgIpc) is 2.69. The van der Waals surface area contributed by atoms with Crippen LogP contribution in [-0.2, 0) is 4.74 Å². The Morgan fingerprint density at radius 1 is 1.18 bits per heavy atom. The van der Waals surface area contributed by atoms with Crippen LogP contribution in [0.25, 0.3) is 11.1 Å². The summed E-state index contributed by atoms with van der Waals surface area (Å²) in [7, 11) is 0. The van der Waals surface area contributed by atoms with E-state index in [1.807, 2.05) is 0 Å². The normalized spacial score (nSPS) is 14.8. The van der Waals surface area contributed by atoms with Crippen molar-refractivity contribution in [1.82, 2.24) is 15.2 Å². The number of nitrogen functional groups attached to an aromatic ring is 1. The molecule has 0 bridgehead atoms. The molecule has 2 aromatic rings. The number of hydrogen-bond donors (Lipinski definition) is 2. The van der Waals surface area contributed by atoms with Gasteiger partial charge in [-0.3, -0.25) is 9.69 Å². The molecule has 9 heteroatoms. The maximum Gasteiger partial charge on any atom is 0.269 e. The van der Waals surface area contributed by atoms with Crippen molar-refractivity contribution in [3.8, 4) is 11.1 Å². The van der Waals surface area contributed by atoms with Crippen molar-refractivity contribution in [3.05, 3.63) is 45.0 Å². The number of ether oxygens (including phenoxy) is 1. The van der Waals surface area contributed by atoms with Gasteiger partial charge < -0.3 is 15.8 Å². The predicted octanol–water partition coefficient (Wildman–Crippen LogP) is 3.74. The van der Waals surface area contributed by atoms with Crippen molar-refractivity contribution in [2.24, 2.45) is 0 Å². The van der Waals surface area contributed by atoms with E-state index >= 15 is 0 Å². The van der Waals surface area contributed by atoms with E-state index in [4.69, 9.17) is 45.3 Å². The summed E-state index contributed by atoms with van der Waals surface area (Å²) in [6.45, 7) is 4.89. The first-order chi connectivity index (χ1) is 13.5. The SMILES string of the molecule is Nc1nc(C(=O)NCCCN2CCOCC2)ccc1-c1cc(Cl)cc(Cl)c1Cl. The van der Waals surface area contributed by atoms with E-state index in [1.165, 1.54) is 0 Å². The molecule has 0 atom stereocenters. The average molecular weight is 444 g/mol. The zero-order valence-electron chi connectivity index (χ0n) is 15.2. The number of rotatable bonds is 6. The van der Waals surface area contributed by atoms with Gasteiger partial charge in [-0.25, -0.2) is 4.98 Å². The highest BCUT2D eigenvalue weighted by atomic mass is 35.5. The van der Waals surface area contributed by atoms with Crippen molar-refractivity contribution < 1.29 is 9.53 Å². The fourth-order valence-corrected chi connectivity index (χ4v) is 3.71. The van der Waals surface area contributed by atoms with E-state index in [0.29, 0.717) is 32.7 Å². The van der Waals surface area contributed by atoms with Gasteiger partial charge in [-0.2, -0.15) is 0 Å². The standard InChI is InChI=1S/C19H21Cl3N4O2/c20-12-10-14(17(22)15(21)11-12)13-2-3-16(25-18(13)23)19(27)24-4-1-5-26-6-8-28-9-7-26/h2-3,10-11H,1,4-9H2,(H2,23,25)(H,24,27). The molecular formula is C19H21Cl3N4O2. The largest absolute Gasteiger partial charge is 0.383 e. The molecule has 150 valence electrons. The first-order valence-electron chi connectivity index (χ1n) is 8.95. The molecule has 0 saturated carbocycles. The Morgan fingerprint density at radius 2 is 1.93 bits per heavy atom. The zero-order chi connectivity index (χ0) is 20.1. The third kappa shape index (κ3) is 5.27. The van der Waals surface area contributed by atoms with Gasteiger partial charge in [-0.05, 0) is 37.2 Å². The molecule has 0 radical (unpaired) electrons. The Labute approximate surface area is 178 Å². The predicted molar refractivity (Wildman–Crippen MR) is 113 cm³/mol. The van der Waals surface area contributed by atoms with Gasteiger partial charge in [0.05, 0.1) is 23.3 Å². The van der Waals surface area contributed by atoms with Crippen LogP contribution in [0, 0.1) is 0 Å². The minimum atomic E-state index is -0.268. The fraction of sp³-hybridized carbons (Fsp3) is 0.368. The van der Waals surface area contributed by atoms with Crippen molar-refractivity contribution in [3.63, 3.8) is 0 Å². The first kappa shape index (κ1) is 21.1. The number of benzene rings is 1. The zero-order valence-corrected chi connectivity index (χ0v) is 17.4. The van der Waals surface area contributed by atoms with Gasteiger partial charge in [0.2, 0.25) is 0 Å². The van der Waals surface area contributed by atoms with Crippen LogP contribution in [0.1, 0.15) is 16.9 Å². The van der Waals surface area contributed by atoms with Crippen molar-refractivity contribution in [2.75, 3.05) is 45.1 Å². The fourth-order valence-electron chi connectivity index (χ4n) is 3.00. The summed E-state index contributed by atoms with van der Waals surface area (Å²) in [5, 5.41) is 3.97. The second-order valence-corrected chi connectivity index (χ2v) is 7.66. The molecule has 3 N–H and O–H groups in total. The highest BCUT2D eigenvalue weighted by molar-refractivity contribution is 6.45. The maximum atomic E-state index is 12.3. The Hall–Kier alpha value is -1.57. The van der Waals surface area contributed by atoms with E-state index in [2.05, 4.69) is 15.2 Å². The van der Waals surface area contributed by atoms with Gasteiger partial charge in [-0.1, -0.05) is 34.8 Å². The molecule has 3 rings (SSSR count). The highest BCUT2D eigenvalue weighted by Crippen LogP contribution is 2.38. The Balaban J connectivity index is 1.61. The molecule has 0 unspecified atom stereocenters. The molecule has 1 aliphatic rings. The first-order valence-corrected chi connectivity index (χ1v) is 10.1. The highest BCUT2D eigenvalue weighted by Gasteiger charge is 2.15. The third-order valence-electron chi connectivity index (χ3n) is 4.48. The second-order valence-electron chi connectivity index (χ2n) is 6.44. The van der Waals surface area contributed by atoms with E-state index in [1.54, 1.807) is 24.3 Å². The molecule has 1 aliphatic heterocycles. The number of halogens is 3. The molecule has 1 fully saturated rings. The topological polar surface area (TPSA) is 80.5 Å². The van der Waals surface area contributed by atoms with E-state index in [-0.39, 0.29) is 17.4 Å². The molecule has 1 aromatic carbocycles. The smallest absolute Gasteiger partial charge is 0.269 e. The minimum absolute atomic E-state index is 0.182. The maximum absolute atomic E-state index is 12.3. The number of pyridine rings is 1. The Kier molecular flexibility index (Phi) is 7.37. The number of carbonyl (C=O) groups is 1. The molecule has 28 heavy (non-hydrogen) atoms. The molecule has 0 aliphatic carbocycles. The van der Waals surface area contributed by atoms with Crippen LogP contribution >= 0.6 is 34.8 Å². The number of nitrogens with zero attached hydrogens (tertiary/aromatic N) is 2. The summed E-state index contributed by atoms with van der Waals surface area (Å²) in [6.07, 6.45) is 0.857. The Morgan fingerprint density at radius 3 is 2.64 bits per heavy atom. The summed E-state index contributed by atoms with van der Waals surface area (Å²) in [6, 6.07) is 6.51. The minimum Gasteiger partial charge on any atom is -0.383 e. The molecule has 1 aromatic heterocycles. The van der Waals surface area contributed by atoms with Crippen LogP contribution in [0.3, 0.4) is 0 Å². The lowest BCUT2D eigenvalue weighted by Crippen LogP contribution is -2.38. The number of carbonyl (C=O) groups excluding carboxylic acids is 1. The lowest BCUT2D eigenvalue weighted by Gasteiger charge is -2.26. The summed E-state index contributed by atoms with van der Waals surface area (Å²) < 4.78 is 5.32. The number of nitrogens with two attached hydrogens (primary N) is 1. The van der Waals surface area contributed by atoms with Crippen LogP contribution in [0.15, 0.2) is 24.3 Å². The molecular weight excluding hydrogens is 423 g/mol. The van der Waals surface area contributed by atoms with Crippen LogP contribution < -0.4 is 11.1 Å². The van der Waals surface area contributed by atoms with Crippen LogP contribution in [-0.4, -0.2) is 55.2 Å². The third-order valence-corrected chi connectivity index (χ3v) is 5.50. The summed E-state index contributed by atoms with van der Waals surface area (Å²) in [5.74, 6) is -0.0864. The number of morpholine rings is 1. The number of anilines is 1. The van der Waals surface area contributed by atoms with Gasteiger partial charge >= 0.3 is 0 Å². The second kappa shape index (κ2) is 9.76. The summed E-state index contributed by atoms with van der Waals surface area (Å²) in [4.78, 5) is 18.9. The van der Waals surface area contributed by atoms with Gasteiger partial charge in [0.25, 0.3) is 5.91 Å². The quantitative estimate of drug-likeness (QED) is 0.525. The molecule has 2 heterocycles. The van der Waals surface area contributed by atoms with E-state index in [0.717, 1.165) is 39.3 Å². The molecule has 6 nitrogen and oxygen atoms in total. The van der Waals surface area contributed by atoms with Crippen LogP contribution in [0.5, 0.6) is 0 Å². The monoisotopic (exact) mass is 442 g/mol. The van der Waals surface area contributed by atoms with Gasteiger partial charge in [0.1, 0.15) is 11.5 Å². The van der Waals surface area contributed by atoms with Gasteiger partial charge in [0, 0.05) is 35.8 Å². The van der Waals surface area contributed by atoms with Crippen LogP contribution in [0.4, 0.5) is 5.82 Å².